The molecule has 5 heteroatoms. The smallest absolute Gasteiger partial charge is 0.324 e. The lowest BCUT2D eigenvalue weighted by Gasteiger charge is -2.19. The van der Waals surface area contributed by atoms with Gasteiger partial charge in [0.25, 0.3) is 0 Å². The summed E-state index contributed by atoms with van der Waals surface area (Å²) in [4.78, 5) is 11.5. The first-order valence-corrected chi connectivity index (χ1v) is 7.33. The highest BCUT2D eigenvalue weighted by Crippen LogP contribution is 2.19. The van der Waals surface area contributed by atoms with Crippen molar-refractivity contribution in [2.75, 3.05) is 7.11 Å². The minimum Gasteiger partial charge on any atom is -0.468 e. The Bertz CT molecular complexity index is 308. The average Bonchev–Trinajstić information content (AvgIpc) is 2.27. The van der Waals surface area contributed by atoms with E-state index in [1.807, 2.05) is 6.92 Å². The second-order valence-corrected chi connectivity index (χ2v) is 6.51. The molecule has 4 nitrogen and oxygen atoms in total. The highest BCUT2D eigenvalue weighted by Gasteiger charge is 2.36. The molecule has 0 saturated carbocycles. The summed E-state index contributed by atoms with van der Waals surface area (Å²) in [6.45, 7) is 5.40. The summed E-state index contributed by atoms with van der Waals surface area (Å²) in [7, 11) is -2.18. The molecule has 0 heterocycles. The number of carbonyl (C=O) groups excluding carboxylic acids is 1. The zero-order chi connectivity index (χ0) is 12.8. The van der Waals surface area contributed by atoms with Crippen LogP contribution < -0.4 is 0 Å². The Morgan fingerprint density at radius 2 is 1.88 bits per heavy atom. The van der Waals surface area contributed by atoms with Gasteiger partial charge in [-0.1, -0.05) is 26.7 Å². The molecule has 0 fully saturated rings. The van der Waals surface area contributed by atoms with Gasteiger partial charge < -0.3 is 4.74 Å². The summed E-state index contributed by atoms with van der Waals surface area (Å²) in [5, 5.41) is -1.49. The van der Waals surface area contributed by atoms with Crippen molar-refractivity contribution in [2.45, 2.75) is 57.0 Å². The number of carbonyl (C=O) groups is 1. The van der Waals surface area contributed by atoms with Gasteiger partial charge in [-0.15, -0.1) is 0 Å². The Labute approximate surface area is 98.3 Å². The molecule has 0 saturated heterocycles. The maximum Gasteiger partial charge on any atom is 0.324 e. The molecular weight excluding hydrogens is 228 g/mol. The Morgan fingerprint density at radius 1 is 1.31 bits per heavy atom. The Hall–Kier alpha value is -0.580. The van der Waals surface area contributed by atoms with Crippen LogP contribution in [0.1, 0.15) is 46.5 Å². The molecule has 0 spiro atoms. The number of rotatable bonds is 7. The molecule has 0 aromatic carbocycles. The number of unbranched alkanes of at least 4 members (excludes halogenated alkanes) is 1. The van der Waals surface area contributed by atoms with Gasteiger partial charge in [-0.2, -0.15) is 0 Å². The van der Waals surface area contributed by atoms with Crippen LogP contribution in [-0.4, -0.2) is 32.0 Å². The van der Waals surface area contributed by atoms with Gasteiger partial charge in [0.2, 0.25) is 0 Å². The van der Waals surface area contributed by atoms with E-state index in [-0.39, 0.29) is 0 Å². The molecule has 2 unspecified atom stereocenters. The van der Waals surface area contributed by atoms with E-state index in [1.165, 1.54) is 7.11 Å². The minimum absolute atomic E-state index is 0.357. The van der Waals surface area contributed by atoms with Crippen LogP contribution in [0.2, 0.25) is 0 Å². The molecule has 2 atom stereocenters. The largest absolute Gasteiger partial charge is 0.468 e. The predicted octanol–water partition coefficient (Wildman–Crippen LogP) is 1.93. The number of methoxy groups -OCH3 is 1. The quantitative estimate of drug-likeness (QED) is 0.648. The standard InChI is InChI=1S/C11H22O4S/c1-5-7-8-10(11(12)15-4)16(13,14)9(3)6-2/h9-10H,5-8H2,1-4H3. The third-order valence-electron chi connectivity index (χ3n) is 2.82. The van der Waals surface area contributed by atoms with Crippen LogP contribution in [0, 0.1) is 0 Å². The molecule has 96 valence electrons. The van der Waals surface area contributed by atoms with Gasteiger partial charge in [0.1, 0.15) is 0 Å². The summed E-state index contributed by atoms with van der Waals surface area (Å²) in [6.07, 6.45) is 2.46. The van der Waals surface area contributed by atoms with Crippen molar-refractivity contribution >= 4 is 15.8 Å². The molecule has 0 aliphatic carbocycles. The topological polar surface area (TPSA) is 60.4 Å². The summed E-state index contributed by atoms with van der Waals surface area (Å²) in [6, 6.07) is 0. The van der Waals surface area contributed by atoms with Gasteiger partial charge in [-0.25, -0.2) is 8.42 Å². The van der Waals surface area contributed by atoms with E-state index in [0.29, 0.717) is 12.8 Å². The second-order valence-electron chi connectivity index (χ2n) is 3.96. The fraction of sp³-hybridized carbons (Fsp3) is 0.909. The molecule has 0 amide bonds. The van der Waals surface area contributed by atoms with Crippen molar-refractivity contribution in [3.8, 4) is 0 Å². The monoisotopic (exact) mass is 250 g/mol. The summed E-state index contributed by atoms with van der Waals surface area (Å²) in [5.74, 6) is -0.631. The zero-order valence-corrected chi connectivity index (χ0v) is 11.3. The first kappa shape index (κ1) is 15.4. The lowest BCUT2D eigenvalue weighted by atomic mass is 10.2. The summed E-state index contributed by atoms with van der Waals surface area (Å²) in [5.41, 5.74) is 0. The van der Waals surface area contributed by atoms with Gasteiger partial charge in [0.05, 0.1) is 12.4 Å². The van der Waals surface area contributed by atoms with Gasteiger partial charge in [0, 0.05) is 0 Å². The lowest BCUT2D eigenvalue weighted by Crippen LogP contribution is -2.37. The molecule has 0 bridgehead atoms. The first-order valence-electron chi connectivity index (χ1n) is 5.72. The van der Waals surface area contributed by atoms with Gasteiger partial charge in [-0.3, -0.25) is 4.79 Å². The minimum atomic E-state index is -3.41. The van der Waals surface area contributed by atoms with Crippen molar-refractivity contribution in [1.82, 2.24) is 0 Å². The van der Waals surface area contributed by atoms with Crippen molar-refractivity contribution < 1.29 is 17.9 Å². The maximum absolute atomic E-state index is 12.1. The molecule has 0 aromatic rings. The van der Waals surface area contributed by atoms with Crippen LogP contribution in [0.25, 0.3) is 0 Å². The van der Waals surface area contributed by atoms with E-state index in [9.17, 15) is 13.2 Å². The molecule has 16 heavy (non-hydrogen) atoms. The normalized spacial score (nSPS) is 15.5. The molecule has 0 aliphatic heterocycles. The second kappa shape index (κ2) is 6.89. The third-order valence-corrected chi connectivity index (χ3v) is 5.49. The van der Waals surface area contributed by atoms with E-state index >= 15 is 0 Å². The SMILES string of the molecule is CCCCC(C(=O)OC)S(=O)(=O)C(C)CC. The van der Waals surface area contributed by atoms with Crippen LogP contribution >= 0.6 is 0 Å². The van der Waals surface area contributed by atoms with Crippen molar-refractivity contribution in [3.05, 3.63) is 0 Å². The predicted molar refractivity (Wildman–Crippen MR) is 64.0 cm³/mol. The van der Waals surface area contributed by atoms with E-state index in [0.717, 1.165) is 12.8 Å². The molecule has 0 rings (SSSR count). The number of sulfone groups is 1. The van der Waals surface area contributed by atoms with Crippen LogP contribution in [0.15, 0.2) is 0 Å². The maximum atomic E-state index is 12.1. The Morgan fingerprint density at radius 3 is 2.25 bits per heavy atom. The fourth-order valence-corrected chi connectivity index (χ4v) is 3.34. The molecule has 0 radical (unpaired) electrons. The molecular formula is C11H22O4S. The van der Waals surface area contributed by atoms with Crippen LogP contribution in [0.3, 0.4) is 0 Å². The van der Waals surface area contributed by atoms with Gasteiger partial charge in [0.15, 0.2) is 15.1 Å². The number of hydrogen-bond donors (Lipinski definition) is 0. The zero-order valence-electron chi connectivity index (χ0n) is 10.5. The first-order chi connectivity index (χ1) is 7.41. The van der Waals surface area contributed by atoms with Crippen molar-refractivity contribution in [1.29, 1.82) is 0 Å². The van der Waals surface area contributed by atoms with E-state index in [4.69, 9.17) is 0 Å². The van der Waals surface area contributed by atoms with Crippen LogP contribution in [0.5, 0.6) is 0 Å². The highest BCUT2D eigenvalue weighted by atomic mass is 32.2. The summed E-state index contributed by atoms with van der Waals surface area (Å²) < 4.78 is 28.7. The molecule has 0 aliphatic rings. The fourth-order valence-electron chi connectivity index (χ4n) is 1.45. The average molecular weight is 250 g/mol. The Kier molecular flexibility index (Phi) is 6.64. The lowest BCUT2D eigenvalue weighted by molar-refractivity contribution is -0.140. The molecule has 0 aromatic heterocycles. The van der Waals surface area contributed by atoms with Crippen molar-refractivity contribution in [2.24, 2.45) is 0 Å². The van der Waals surface area contributed by atoms with E-state index < -0.39 is 26.3 Å². The van der Waals surface area contributed by atoms with Crippen LogP contribution in [0.4, 0.5) is 0 Å². The van der Waals surface area contributed by atoms with E-state index in [1.54, 1.807) is 13.8 Å². The highest BCUT2D eigenvalue weighted by molar-refractivity contribution is 7.93. The molecule has 0 N–H and O–H groups in total. The van der Waals surface area contributed by atoms with Gasteiger partial charge in [-0.05, 0) is 19.8 Å². The number of hydrogen-bond acceptors (Lipinski definition) is 4. The third kappa shape index (κ3) is 3.77. The number of ether oxygens (including phenoxy) is 1. The van der Waals surface area contributed by atoms with Crippen molar-refractivity contribution in [3.63, 3.8) is 0 Å². The van der Waals surface area contributed by atoms with E-state index in [2.05, 4.69) is 4.74 Å². The van der Waals surface area contributed by atoms with Crippen LogP contribution in [-0.2, 0) is 19.4 Å². The number of esters is 1. The summed E-state index contributed by atoms with van der Waals surface area (Å²) >= 11 is 0. The Balaban J connectivity index is 4.94. The van der Waals surface area contributed by atoms with Gasteiger partial charge >= 0.3 is 5.97 Å².